The third-order valence-electron chi connectivity index (χ3n) is 5.40. The number of nitrogens with zero attached hydrogens (tertiary/aromatic N) is 4. The van der Waals surface area contributed by atoms with Crippen LogP contribution in [0.3, 0.4) is 0 Å². The topological polar surface area (TPSA) is 84.4 Å². The highest BCUT2D eigenvalue weighted by molar-refractivity contribution is 6.01. The number of aryl methyl sites for hydroxylation is 3. The molecule has 4 rings (SSSR count). The van der Waals surface area contributed by atoms with Crippen LogP contribution in [0.4, 0.5) is 0 Å². The third-order valence-corrected chi connectivity index (χ3v) is 5.40. The van der Waals surface area contributed by atoms with Crippen molar-refractivity contribution in [3.63, 3.8) is 0 Å². The summed E-state index contributed by atoms with van der Waals surface area (Å²) < 4.78 is 5.54. The van der Waals surface area contributed by atoms with Crippen molar-refractivity contribution in [2.24, 2.45) is 5.16 Å². The van der Waals surface area contributed by atoms with Crippen molar-refractivity contribution < 1.29 is 9.62 Å². The van der Waals surface area contributed by atoms with Gasteiger partial charge in [-0.2, -0.15) is 0 Å². The van der Waals surface area contributed by atoms with Gasteiger partial charge in [-0.3, -0.25) is 4.98 Å². The first-order chi connectivity index (χ1) is 15.0. The van der Waals surface area contributed by atoms with Gasteiger partial charge in [0.25, 0.3) is 0 Å². The second-order valence-corrected chi connectivity index (χ2v) is 7.59. The van der Waals surface area contributed by atoms with Crippen LogP contribution in [0.2, 0.25) is 0 Å². The van der Waals surface area contributed by atoms with Gasteiger partial charge in [0.1, 0.15) is 0 Å². The predicted molar refractivity (Wildman–Crippen MR) is 119 cm³/mol. The molecule has 2 aromatic heterocycles. The summed E-state index contributed by atoms with van der Waals surface area (Å²) in [6.07, 6.45) is 2.28. The summed E-state index contributed by atoms with van der Waals surface area (Å²) in [6, 6.07) is 20.2. The molecule has 0 amide bonds. The fraction of sp³-hybridized carbons (Fsp3) is 0.200. The zero-order valence-electron chi connectivity index (χ0n) is 17.8. The van der Waals surface area contributed by atoms with Gasteiger partial charge in [0.2, 0.25) is 11.8 Å². The van der Waals surface area contributed by atoms with Crippen LogP contribution in [-0.4, -0.2) is 26.1 Å². The highest BCUT2D eigenvalue weighted by Crippen LogP contribution is 2.33. The summed E-state index contributed by atoms with van der Waals surface area (Å²) in [4.78, 5) is 4.25. The van der Waals surface area contributed by atoms with Gasteiger partial charge in [-0.15, -0.1) is 10.2 Å². The molecule has 6 heteroatoms. The summed E-state index contributed by atoms with van der Waals surface area (Å²) in [5.41, 5.74) is 6.73. The van der Waals surface area contributed by atoms with E-state index in [9.17, 15) is 5.21 Å². The molecular formula is C25H24N4O2. The molecule has 1 atom stereocenters. The number of rotatable bonds is 6. The van der Waals surface area contributed by atoms with Gasteiger partial charge in [0.15, 0.2) is 0 Å². The molecule has 0 saturated carbocycles. The molecule has 156 valence electrons. The first kappa shape index (κ1) is 20.5. The molecule has 2 heterocycles. The molecule has 4 aromatic rings. The number of hydrogen-bond donors (Lipinski definition) is 1. The Bertz CT molecular complexity index is 1210. The van der Waals surface area contributed by atoms with Crippen molar-refractivity contribution in [1.29, 1.82) is 0 Å². The molecule has 0 aliphatic carbocycles. The minimum Gasteiger partial charge on any atom is -0.421 e. The summed E-state index contributed by atoms with van der Waals surface area (Å²) in [6.45, 7) is 5.80. The Morgan fingerprint density at radius 1 is 1.00 bits per heavy atom. The molecule has 31 heavy (non-hydrogen) atoms. The van der Waals surface area contributed by atoms with E-state index in [4.69, 9.17) is 4.42 Å². The van der Waals surface area contributed by atoms with Gasteiger partial charge in [0, 0.05) is 42.3 Å². The molecule has 1 N–H and O–H groups in total. The van der Waals surface area contributed by atoms with Crippen LogP contribution in [0.5, 0.6) is 0 Å². The largest absolute Gasteiger partial charge is 0.421 e. The second-order valence-electron chi connectivity index (χ2n) is 7.59. The first-order valence-corrected chi connectivity index (χ1v) is 10.1. The van der Waals surface area contributed by atoms with Gasteiger partial charge in [0.05, 0.1) is 5.71 Å². The van der Waals surface area contributed by atoms with Crippen LogP contribution in [-0.2, 0) is 0 Å². The quantitative estimate of drug-likeness (QED) is 0.258. The lowest BCUT2D eigenvalue weighted by Gasteiger charge is -2.21. The maximum atomic E-state index is 9.82. The van der Waals surface area contributed by atoms with Crippen molar-refractivity contribution in [3.05, 3.63) is 101 Å². The lowest BCUT2D eigenvalue weighted by molar-refractivity contribution is 0.317. The summed E-state index contributed by atoms with van der Waals surface area (Å²) in [7, 11) is 0. The molecule has 2 aromatic carbocycles. The summed E-state index contributed by atoms with van der Waals surface area (Å²) in [5.74, 6) is 1.05. The fourth-order valence-corrected chi connectivity index (χ4v) is 3.79. The van der Waals surface area contributed by atoms with E-state index in [1.165, 1.54) is 11.1 Å². The molecule has 0 spiro atoms. The predicted octanol–water partition coefficient (Wildman–Crippen LogP) is 5.46. The zero-order valence-corrected chi connectivity index (χ0v) is 17.8. The van der Waals surface area contributed by atoms with E-state index in [-0.39, 0.29) is 5.92 Å². The van der Waals surface area contributed by atoms with Crippen LogP contribution in [0.1, 0.15) is 46.2 Å². The minimum absolute atomic E-state index is 0.0130. The van der Waals surface area contributed by atoms with E-state index in [0.29, 0.717) is 23.9 Å². The summed E-state index contributed by atoms with van der Waals surface area (Å²) in [5, 5.41) is 21.5. The minimum atomic E-state index is 0.0130. The first-order valence-electron chi connectivity index (χ1n) is 10.1. The molecule has 0 unspecified atom stereocenters. The SMILES string of the molecule is Cc1cc(/C(C[C@H](c2ccc(-c3nnc(C)o3)cc2)c2ccccc2C)=N\O)ccn1. The van der Waals surface area contributed by atoms with E-state index < -0.39 is 0 Å². The van der Waals surface area contributed by atoms with Crippen molar-refractivity contribution in [2.75, 3.05) is 0 Å². The smallest absolute Gasteiger partial charge is 0.247 e. The van der Waals surface area contributed by atoms with E-state index in [2.05, 4.69) is 51.5 Å². The van der Waals surface area contributed by atoms with Gasteiger partial charge in [-0.1, -0.05) is 41.6 Å². The number of benzene rings is 2. The zero-order chi connectivity index (χ0) is 21.8. The van der Waals surface area contributed by atoms with Crippen molar-refractivity contribution >= 4 is 5.71 Å². The molecule has 0 aliphatic rings. The Morgan fingerprint density at radius 3 is 2.42 bits per heavy atom. The molecule has 0 saturated heterocycles. The molecular weight excluding hydrogens is 388 g/mol. The Kier molecular flexibility index (Phi) is 5.89. The van der Waals surface area contributed by atoms with Gasteiger partial charge in [-0.05, 0) is 54.8 Å². The molecule has 0 aliphatic heterocycles. The van der Waals surface area contributed by atoms with Crippen molar-refractivity contribution in [3.8, 4) is 11.5 Å². The van der Waals surface area contributed by atoms with Gasteiger partial charge < -0.3 is 9.62 Å². The number of oxime groups is 1. The Labute approximate surface area is 181 Å². The summed E-state index contributed by atoms with van der Waals surface area (Å²) >= 11 is 0. The lowest BCUT2D eigenvalue weighted by atomic mass is 9.83. The number of hydrogen-bond acceptors (Lipinski definition) is 6. The van der Waals surface area contributed by atoms with Crippen LogP contribution in [0.15, 0.2) is 76.4 Å². The third kappa shape index (κ3) is 4.53. The molecule has 6 nitrogen and oxygen atoms in total. The van der Waals surface area contributed by atoms with Crippen molar-refractivity contribution in [1.82, 2.24) is 15.2 Å². The van der Waals surface area contributed by atoms with Crippen LogP contribution in [0, 0.1) is 20.8 Å². The maximum absolute atomic E-state index is 9.82. The van der Waals surface area contributed by atoms with E-state index in [1.807, 2.05) is 43.3 Å². The Balaban J connectivity index is 1.72. The highest BCUT2D eigenvalue weighted by atomic mass is 16.4. The van der Waals surface area contributed by atoms with E-state index in [0.717, 1.165) is 22.4 Å². The normalized spacial score (nSPS) is 12.7. The van der Waals surface area contributed by atoms with Crippen LogP contribution in [0.25, 0.3) is 11.5 Å². The molecule has 0 bridgehead atoms. The van der Waals surface area contributed by atoms with Crippen LogP contribution >= 0.6 is 0 Å². The van der Waals surface area contributed by atoms with Gasteiger partial charge in [-0.25, -0.2) is 0 Å². The number of pyridine rings is 1. The van der Waals surface area contributed by atoms with E-state index in [1.54, 1.807) is 13.1 Å². The monoisotopic (exact) mass is 412 g/mol. The average molecular weight is 412 g/mol. The van der Waals surface area contributed by atoms with Crippen molar-refractivity contribution in [2.45, 2.75) is 33.1 Å². The Hall–Kier alpha value is -3.80. The van der Waals surface area contributed by atoms with E-state index >= 15 is 0 Å². The highest BCUT2D eigenvalue weighted by Gasteiger charge is 2.21. The molecule has 0 radical (unpaired) electrons. The van der Waals surface area contributed by atoms with Crippen LogP contribution < -0.4 is 0 Å². The van der Waals surface area contributed by atoms with Gasteiger partial charge >= 0.3 is 0 Å². The lowest BCUT2D eigenvalue weighted by Crippen LogP contribution is -2.12. The standard InChI is InChI=1S/C25H24N4O2/c1-16-6-4-5-7-22(16)23(15-24(29-30)21-12-13-26-17(2)14-21)19-8-10-20(11-9-19)25-28-27-18(3)31-25/h4-14,23,30H,15H2,1-3H3/b29-24-/t23-/m1/s1. The molecule has 0 fully saturated rings. The fourth-order valence-electron chi connectivity index (χ4n) is 3.79. The number of aromatic nitrogens is 3. The Morgan fingerprint density at radius 2 is 1.77 bits per heavy atom. The second kappa shape index (κ2) is 8.92. The average Bonchev–Trinajstić information content (AvgIpc) is 3.22. The maximum Gasteiger partial charge on any atom is 0.247 e.